The second-order valence-electron chi connectivity index (χ2n) is 6.80. The Morgan fingerprint density at radius 3 is 2.28 bits per heavy atom. The molecule has 9 heteroatoms. The molecule has 32 heavy (non-hydrogen) atoms. The van der Waals surface area contributed by atoms with E-state index in [2.05, 4.69) is 16.0 Å². The Labute approximate surface area is 187 Å². The highest BCUT2D eigenvalue weighted by atomic mass is 35.5. The minimum absolute atomic E-state index is 0.0936. The lowest BCUT2D eigenvalue weighted by molar-refractivity contribution is -0.137. The van der Waals surface area contributed by atoms with Crippen molar-refractivity contribution in [3.63, 3.8) is 0 Å². The Morgan fingerprint density at radius 2 is 1.56 bits per heavy atom. The molecule has 0 atom stereocenters. The van der Waals surface area contributed by atoms with Crippen LogP contribution < -0.4 is 16.0 Å². The minimum atomic E-state index is -4.68. The van der Waals surface area contributed by atoms with Crippen LogP contribution in [-0.2, 0) is 17.5 Å². The van der Waals surface area contributed by atoms with Crippen LogP contribution in [0, 0.1) is 0 Å². The number of nitrogens with one attached hydrogen (secondary N) is 3. The molecule has 0 fully saturated rings. The van der Waals surface area contributed by atoms with E-state index in [0.29, 0.717) is 17.8 Å². The molecule has 166 valence electrons. The molecule has 0 radical (unpaired) electrons. The van der Waals surface area contributed by atoms with Gasteiger partial charge in [-0.15, -0.1) is 0 Å². The first-order chi connectivity index (χ1) is 15.2. The minimum Gasteiger partial charge on any atom is -0.376 e. The maximum Gasteiger partial charge on any atom is 0.418 e. The van der Waals surface area contributed by atoms with Crippen molar-refractivity contribution in [2.45, 2.75) is 12.7 Å². The molecule has 5 nitrogen and oxygen atoms in total. The third-order valence-corrected chi connectivity index (χ3v) is 4.70. The van der Waals surface area contributed by atoms with Gasteiger partial charge in [0, 0.05) is 17.3 Å². The molecular weight excluding hydrogens is 443 g/mol. The molecule has 0 aliphatic carbocycles. The second-order valence-corrected chi connectivity index (χ2v) is 7.24. The third kappa shape index (κ3) is 6.24. The van der Waals surface area contributed by atoms with Crippen LogP contribution in [0.25, 0.3) is 0 Å². The van der Waals surface area contributed by atoms with Crippen molar-refractivity contribution >= 4 is 34.8 Å². The summed E-state index contributed by atoms with van der Waals surface area (Å²) >= 11 is 5.65. The smallest absolute Gasteiger partial charge is 0.376 e. The number of rotatable bonds is 7. The van der Waals surface area contributed by atoms with E-state index in [1.54, 1.807) is 24.3 Å². The zero-order chi connectivity index (χ0) is 23.1. The first-order valence-corrected chi connectivity index (χ1v) is 9.93. The molecule has 3 N–H and O–H groups in total. The van der Waals surface area contributed by atoms with Crippen molar-refractivity contribution in [1.82, 2.24) is 5.32 Å². The van der Waals surface area contributed by atoms with Crippen molar-refractivity contribution < 1.29 is 22.8 Å². The number of halogens is 4. The fourth-order valence-corrected chi connectivity index (χ4v) is 3.11. The Kier molecular flexibility index (Phi) is 7.37. The molecule has 0 aliphatic heterocycles. The highest BCUT2D eigenvalue weighted by Crippen LogP contribution is 2.36. The zero-order valence-electron chi connectivity index (χ0n) is 16.7. The van der Waals surface area contributed by atoms with Gasteiger partial charge in [-0.2, -0.15) is 13.2 Å². The van der Waals surface area contributed by atoms with Gasteiger partial charge >= 0.3 is 6.18 Å². The summed E-state index contributed by atoms with van der Waals surface area (Å²) in [4.78, 5) is 24.8. The summed E-state index contributed by atoms with van der Waals surface area (Å²) in [7, 11) is 0. The molecule has 3 aromatic carbocycles. The largest absolute Gasteiger partial charge is 0.418 e. The summed E-state index contributed by atoms with van der Waals surface area (Å²) in [6.07, 6.45) is -4.68. The highest BCUT2D eigenvalue weighted by molar-refractivity contribution is 6.30. The number of benzene rings is 3. The molecule has 0 bridgehead atoms. The van der Waals surface area contributed by atoms with Crippen molar-refractivity contribution in [1.29, 1.82) is 0 Å². The summed E-state index contributed by atoms with van der Waals surface area (Å²) in [6, 6.07) is 19.0. The van der Waals surface area contributed by atoms with Gasteiger partial charge in [0.25, 0.3) is 5.91 Å². The van der Waals surface area contributed by atoms with Gasteiger partial charge in [-0.1, -0.05) is 54.1 Å². The first kappa shape index (κ1) is 23.1. The average molecular weight is 462 g/mol. The number of hydrogen-bond donors (Lipinski definition) is 3. The Bertz CT molecular complexity index is 1110. The maximum absolute atomic E-state index is 13.2. The van der Waals surface area contributed by atoms with Gasteiger partial charge in [-0.25, -0.2) is 0 Å². The molecule has 0 aliphatic rings. The molecule has 0 aromatic heterocycles. The fourth-order valence-electron chi connectivity index (χ4n) is 2.94. The lowest BCUT2D eigenvalue weighted by Gasteiger charge is -2.15. The molecule has 2 amide bonds. The normalized spacial score (nSPS) is 11.0. The van der Waals surface area contributed by atoms with Crippen LogP contribution >= 0.6 is 11.6 Å². The summed E-state index contributed by atoms with van der Waals surface area (Å²) in [5.41, 5.74) is 0.162. The quantitative estimate of drug-likeness (QED) is 0.445. The van der Waals surface area contributed by atoms with Crippen molar-refractivity contribution in [3.05, 3.63) is 94.5 Å². The number of carbonyl (C=O) groups is 2. The molecule has 0 saturated heterocycles. The molecular formula is C23H19ClF3N3O2. The molecule has 0 saturated carbocycles. The van der Waals surface area contributed by atoms with Crippen LogP contribution in [0.15, 0.2) is 72.8 Å². The Hall–Kier alpha value is -3.52. The average Bonchev–Trinajstić information content (AvgIpc) is 2.77. The van der Waals surface area contributed by atoms with Crippen molar-refractivity contribution in [2.75, 3.05) is 17.2 Å². The predicted molar refractivity (Wildman–Crippen MR) is 118 cm³/mol. The van der Waals surface area contributed by atoms with E-state index in [0.717, 1.165) is 17.7 Å². The van der Waals surface area contributed by atoms with Crippen LogP contribution in [0.3, 0.4) is 0 Å². The highest BCUT2D eigenvalue weighted by Gasteiger charge is 2.34. The summed E-state index contributed by atoms with van der Waals surface area (Å²) < 4.78 is 39.6. The zero-order valence-corrected chi connectivity index (χ0v) is 17.4. The summed E-state index contributed by atoms with van der Waals surface area (Å²) in [5, 5.41) is 7.73. The van der Waals surface area contributed by atoms with E-state index in [9.17, 15) is 22.8 Å². The topological polar surface area (TPSA) is 70.2 Å². The van der Waals surface area contributed by atoms with Gasteiger partial charge in [0.15, 0.2) is 0 Å². The van der Waals surface area contributed by atoms with E-state index < -0.39 is 23.3 Å². The maximum atomic E-state index is 13.2. The summed E-state index contributed by atoms with van der Waals surface area (Å²) in [6.45, 7) is -0.0197. The molecule has 0 unspecified atom stereocenters. The predicted octanol–water partition coefficient (Wildman–Crippen LogP) is 5.34. The van der Waals surface area contributed by atoms with E-state index in [1.807, 2.05) is 30.3 Å². The first-order valence-electron chi connectivity index (χ1n) is 9.55. The number of amides is 2. The van der Waals surface area contributed by atoms with E-state index in [4.69, 9.17) is 11.6 Å². The van der Waals surface area contributed by atoms with Crippen LogP contribution in [-0.4, -0.2) is 18.4 Å². The van der Waals surface area contributed by atoms with Crippen molar-refractivity contribution in [2.24, 2.45) is 0 Å². The van der Waals surface area contributed by atoms with Gasteiger partial charge in [-0.05, 0) is 35.9 Å². The Morgan fingerprint density at radius 1 is 0.875 bits per heavy atom. The SMILES string of the molecule is O=C(CNc1ccccc1C(=O)NCc1ccccc1)Nc1ccc(Cl)cc1C(F)(F)F. The monoisotopic (exact) mass is 461 g/mol. The molecule has 3 aromatic rings. The lowest BCUT2D eigenvalue weighted by atomic mass is 10.1. The standard InChI is InChI=1S/C23H19ClF3N3O2/c24-16-10-11-20(18(12-16)23(25,26)27)30-21(31)14-28-19-9-5-4-8-17(19)22(32)29-13-15-6-2-1-3-7-15/h1-12,28H,13-14H2,(H,29,32)(H,30,31). The Balaban J connectivity index is 1.64. The number of para-hydroxylation sites is 1. The van der Waals surface area contributed by atoms with Crippen LogP contribution in [0.1, 0.15) is 21.5 Å². The van der Waals surface area contributed by atoms with Gasteiger partial charge < -0.3 is 16.0 Å². The van der Waals surface area contributed by atoms with Crippen molar-refractivity contribution in [3.8, 4) is 0 Å². The molecule has 0 heterocycles. The van der Waals surface area contributed by atoms with E-state index in [1.165, 1.54) is 6.07 Å². The lowest BCUT2D eigenvalue weighted by Crippen LogP contribution is -2.26. The summed E-state index contributed by atoms with van der Waals surface area (Å²) in [5.74, 6) is -1.06. The van der Waals surface area contributed by atoms with Gasteiger partial charge in [-0.3, -0.25) is 9.59 Å². The number of anilines is 2. The van der Waals surface area contributed by atoms with Gasteiger partial charge in [0.1, 0.15) is 0 Å². The van der Waals surface area contributed by atoms with E-state index >= 15 is 0 Å². The van der Waals surface area contributed by atoms with Crippen LogP contribution in [0.2, 0.25) is 5.02 Å². The number of alkyl halides is 3. The van der Waals surface area contributed by atoms with Gasteiger partial charge in [0.2, 0.25) is 5.91 Å². The van der Waals surface area contributed by atoms with E-state index in [-0.39, 0.29) is 17.5 Å². The van der Waals surface area contributed by atoms with Crippen LogP contribution in [0.5, 0.6) is 0 Å². The third-order valence-electron chi connectivity index (χ3n) is 4.47. The van der Waals surface area contributed by atoms with Crippen LogP contribution in [0.4, 0.5) is 24.5 Å². The van der Waals surface area contributed by atoms with Gasteiger partial charge in [0.05, 0.1) is 23.4 Å². The molecule has 0 spiro atoms. The molecule has 3 rings (SSSR count). The number of hydrogen-bond acceptors (Lipinski definition) is 3. The second kappa shape index (κ2) is 10.2. The number of carbonyl (C=O) groups excluding carboxylic acids is 2. The fraction of sp³-hybridized carbons (Fsp3) is 0.130.